The molecule has 1 aliphatic carbocycles. The molecule has 2 unspecified atom stereocenters. The van der Waals surface area contributed by atoms with E-state index in [1.165, 1.54) is 44.6 Å². The van der Waals surface area contributed by atoms with Gasteiger partial charge in [-0.1, -0.05) is 0 Å². The van der Waals surface area contributed by atoms with Crippen molar-refractivity contribution >= 4 is 11.7 Å². The molecule has 3 aliphatic rings. The van der Waals surface area contributed by atoms with Gasteiger partial charge in [-0.05, 0) is 73.8 Å². The Kier molecular flexibility index (Phi) is 6.06. The van der Waals surface area contributed by atoms with Gasteiger partial charge in [0, 0.05) is 50.0 Å². The summed E-state index contributed by atoms with van der Waals surface area (Å²) in [6, 6.07) is 8.14. The summed E-state index contributed by atoms with van der Waals surface area (Å²) < 4.78 is 19.8. The largest absolute Gasteiger partial charge is 0.381 e. The summed E-state index contributed by atoms with van der Waals surface area (Å²) in [6.45, 7) is 5.46. The highest BCUT2D eigenvalue weighted by Crippen LogP contribution is 2.39. The molecule has 2 saturated heterocycles. The van der Waals surface area contributed by atoms with Crippen LogP contribution in [0, 0.1) is 23.6 Å². The first-order chi connectivity index (χ1) is 15.5. The lowest BCUT2D eigenvalue weighted by Crippen LogP contribution is -2.32. The number of amides is 1. The molecule has 3 fully saturated rings. The number of anilines is 1. The maximum absolute atomic E-state index is 14.3. The minimum atomic E-state index is -0.658. The fraction of sp³-hybridized carbons (Fsp3) is 0.542. The van der Waals surface area contributed by atoms with Gasteiger partial charge in [-0.2, -0.15) is 0 Å². The van der Waals surface area contributed by atoms with E-state index in [2.05, 4.69) is 20.4 Å². The second kappa shape index (κ2) is 9.11. The molecule has 32 heavy (non-hydrogen) atoms. The number of halogens is 1. The Labute approximate surface area is 187 Å². The number of nitrogens with two attached hydrogens (primary N) is 1. The molecule has 1 aromatic heterocycles. The van der Waals surface area contributed by atoms with Gasteiger partial charge < -0.3 is 20.7 Å². The number of aromatic nitrogens is 2. The van der Waals surface area contributed by atoms with Crippen LogP contribution in [-0.2, 0) is 4.74 Å². The van der Waals surface area contributed by atoms with Crippen LogP contribution >= 0.6 is 0 Å². The van der Waals surface area contributed by atoms with Crippen molar-refractivity contribution in [3.05, 3.63) is 41.7 Å². The summed E-state index contributed by atoms with van der Waals surface area (Å²) in [5.41, 5.74) is 6.07. The number of likely N-dealkylation sites (tertiary alicyclic amines) is 1. The number of hydrogen-bond donors (Lipinski definition) is 2. The Morgan fingerprint density at radius 1 is 1.12 bits per heavy atom. The summed E-state index contributed by atoms with van der Waals surface area (Å²) in [6.07, 6.45) is 4.71. The van der Waals surface area contributed by atoms with Crippen molar-refractivity contribution in [2.45, 2.75) is 31.7 Å². The van der Waals surface area contributed by atoms with Crippen LogP contribution < -0.4 is 11.1 Å². The standard InChI is InChI=1S/C24H30FN5O2/c25-21-11-16(24(26)31)1-2-20(21)22-3-4-23(29-28-22)27-19-9-17-13-30(14-18(17)10-19)12-15-5-7-32-8-6-15/h1-4,11,15,17-19H,5-10,12-14H2,(H2,26,31)(H,27,29)/t17-,18?,19?/m1/s1. The molecule has 0 spiro atoms. The highest BCUT2D eigenvalue weighted by Gasteiger charge is 2.41. The second-order valence-corrected chi connectivity index (χ2v) is 9.47. The summed E-state index contributed by atoms with van der Waals surface area (Å²) >= 11 is 0. The minimum absolute atomic E-state index is 0.135. The molecule has 1 amide bonds. The Bertz CT molecular complexity index is 949. The zero-order chi connectivity index (χ0) is 22.1. The van der Waals surface area contributed by atoms with Gasteiger partial charge in [0.05, 0.1) is 5.69 Å². The Morgan fingerprint density at radius 2 is 1.88 bits per heavy atom. The lowest BCUT2D eigenvalue weighted by molar-refractivity contribution is 0.0545. The number of carbonyl (C=O) groups excluding carboxylic acids is 1. The smallest absolute Gasteiger partial charge is 0.248 e. The first kappa shape index (κ1) is 21.3. The molecule has 1 aromatic carbocycles. The molecular weight excluding hydrogens is 409 g/mol. The van der Waals surface area contributed by atoms with E-state index in [4.69, 9.17) is 10.5 Å². The van der Waals surface area contributed by atoms with Crippen molar-refractivity contribution in [1.29, 1.82) is 0 Å². The Hall–Kier alpha value is -2.58. The summed E-state index contributed by atoms with van der Waals surface area (Å²) in [5.74, 6) is 1.81. The van der Waals surface area contributed by atoms with Crippen molar-refractivity contribution in [2.75, 3.05) is 38.2 Å². The van der Waals surface area contributed by atoms with Gasteiger partial charge in [0.25, 0.3) is 0 Å². The number of rotatable bonds is 6. The first-order valence-electron chi connectivity index (χ1n) is 11.5. The quantitative estimate of drug-likeness (QED) is 0.719. The fourth-order valence-electron chi connectivity index (χ4n) is 5.60. The molecule has 1 saturated carbocycles. The topological polar surface area (TPSA) is 93.4 Å². The van der Waals surface area contributed by atoms with E-state index in [-0.39, 0.29) is 5.56 Å². The van der Waals surface area contributed by atoms with Crippen LogP contribution in [0.2, 0.25) is 0 Å². The van der Waals surface area contributed by atoms with Crippen LogP contribution in [-0.4, -0.2) is 59.9 Å². The third-order valence-corrected chi connectivity index (χ3v) is 7.23. The van der Waals surface area contributed by atoms with E-state index in [0.717, 1.165) is 49.9 Å². The summed E-state index contributed by atoms with van der Waals surface area (Å²) in [7, 11) is 0. The number of hydrogen-bond acceptors (Lipinski definition) is 6. The minimum Gasteiger partial charge on any atom is -0.381 e. The number of nitrogens with zero attached hydrogens (tertiary/aromatic N) is 3. The highest BCUT2D eigenvalue weighted by atomic mass is 19.1. The van der Waals surface area contributed by atoms with E-state index in [9.17, 15) is 9.18 Å². The van der Waals surface area contributed by atoms with Crippen molar-refractivity contribution in [1.82, 2.24) is 15.1 Å². The number of ether oxygens (including phenoxy) is 1. The van der Waals surface area contributed by atoms with Gasteiger partial charge in [0.2, 0.25) is 5.91 Å². The predicted molar refractivity (Wildman–Crippen MR) is 120 cm³/mol. The molecule has 2 aromatic rings. The zero-order valence-electron chi connectivity index (χ0n) is 18.2. The molecule has 170 valence electrons. The SMILES string of the molecule is NC(=O)c1ccc(-c2ccc(NC3CC4CN(CC5CCOCC5)C[C@H]4C3)nn2)c(F)c1. The van der Waals surface area contributed by atoms with Crippen molar-refractivity contribution < 1.29 is 13.9 Å². The second-order valence-electron chi connectivity index (χ2n) is 9.47. The number of benzene rings is 1. The average molecular weight is 440 g/mol. The van der Waals surface area contributed by atoms with Crippen molar-refractivity contribution in [3.8, 4) is 11.3 Å². The number of fused-ring (bicyclic) bond motifs is 1. The molecule has 2 aliphatic heterocycles. The van der Waals surface area contributed by atoms with Gasteiger partial charge in [-0.15, -0.1) is 10.2 Å². The van der Waals surface area contributed by atoms with Gasteiger partial charge >= 0.3 is 0 Å². The number of primary amides is 1. The Morgan fingerprint density at radius 3 is 2.50 bits per heavy atom. The molecule has 5 rings (SSSR count). The van der Waals surface area contributed by atoms with Crippen LogP contribution in [0.25, 0.3) is 11.3 Å². The molecular formula is C24H30FN5O2. The molecule has 3 atom stereocenters. The molecule has 3 N–H and O–H groups in total. The van der Waals surface area contributed by atoms with Crippen LogP contribution in [0.3, 0.4) is 0 Å². The van der Waals surface area contributed by atoms with Crippen LogP contribution in [0.4, 0.5) is 10.2 Å². The maximum Gasteiger partial charge on any atom is 0.248 e. The first-order valence-corrected chi connectivity index (χ1v) is 11.5. The van der Waals surface area contributed by atoms with E-state index < -0.39 is 11.7 Å². The molecule has 8 heteroatoms. The van der Waals surface area contributed by atoms with Crippen LogP contribution in [0.1, 0.15) is 36.0 Å². The van der Waals surface area contributed by atoms with E-state index in [1.54, 1.807) is 6.07 Å². The zero-order valence-corrected chi connectivity index (χ0v) is 18.2. The summed E-state index contributed by atoms with van der Waals surface area (Å²) in [4.78, 5) is 13.9. The maximum atomic E-state index is 14.3. The van der Waals surface area contributed by atoms with Gasteiger partial charge in [-0.3, -0.25) is 4.79 Å². The Balaban J connectivity index is 1.14. The summed E-state index contributed by atoms with van der Waals surface area (Å²) in [5, 5.41) is 12.0. The van der Waals surface area contributed by atoms with Gasteiger partial charge in [0.15, 0.2) is 0 Å². The molecule has 0 radical (unpaired) electrons. The third kappa shape index (κ3) is 4.61. The fourth-order valence-corrected chi connectivity index (χ4v) is 5.60. The van der Waals surface area contributed by atoms with E-state index >= 15 is 0 Å². The normalized spacial score (nSPS) is 26.2. The van der Waals surface area contributed by atoms with Crippen molar-refractivity contribution in [2.24, 2.45) is 23.5 Å². The van der Waals surface area contributed by atoms with Crippen LogP contribution in [0.5, 0.6) is 0 Å². The highest BCUT2D eigenvalue weighted by molar-refractivity contribution is 5.93. The monoisotopic (exact) mass is 439 g/mol. The third-order valence-electron chi connectivity index (χ3n) is 7.23. The van der Waals surface area contributed by atoms with Gasteiger partial charge in [0.1, 0.15) is 11.6 Å². The number of nitrogens with one attached hydrogen (secondary N) is 1. The van der Waals surface area contributed by atoms with E-state index in [1.807, 2.05) is 6.07 Å². The average Bonchev–Trinajstić information content (AvgIpc) is 3.33. The van der Waals surface area contributed by atoms with E-state index in [0.29, 0.717) is 23.1 Å². The van der Waals surface area contributed by atoms with Gasteiger partial charge in [-0.25, -0.2) is 4.39 Å². The van der Waals surface area contributed by atoms with Crippen LogP contribution in [0.15, 0.2) is 30.3 Å². The molecule has 0 bridgehead atoms. The number of carbonyl (C=O) groups is 1. The molecule has 7 nitrogen and oxygen atoms in total. The lowest BCUT2D eigenvalue weighted by atomic mass is 10.00. The molecule has 3 heterocycles. The predicted octanol–water partition coefficient (Wildman–Crippen LogP) is 2.93. The lowest BCUT2D eigenvalue weighted by Gasteiger charge is -2.27. The van der Waals surface area contributed by atoms with Crippen molar-refractivity contribution in [3.63, 3.8) is 0 Å².